The molecular formula is C9H9N3O. The number of nitrogens with zero attached hydrogens (tertiary/aromatic N) is 2. The van der Waals surface area contributed by atoms with Crippen LogP contribution in [-0.4, -0.2) is 15.7 Å². The Bertz CT molecular complexity index is 473. The van der Waals surface area contributed by atoms with Crippen molar-refractivity contribution in [3.8, 4) is 0 Å². The third kappa shape index (κ3) is 0.989. The van der Waals surface area contributed by atoms with E-state index in [1.807, 2.05) is 19.1 Å². The second-order valence-corrected chi connectivity index (χ2v) is 2.84. The van der Waals surface area contributed by atoms with Gasteiger partial charge in [-0.3, -0.25) is 9.20 Å². The van der Waals surface area contributed by atoms with E-state index in [9.17, 15) is 4.79 Å². The van der Waals surface area contributed by atoms with Crippen LogP contribution >= 0.6 is 0 Å². The van der Waals surface area contributed by atoms with Crippen LogP contribution in [0.5, 0.6) is 0 Å². The molecule has 0 bridgehead atoms. The van der Waals surface area contributed by atoms with Crippen LogP contribution < -0.4 is 5.73 Å². The van der Waals surface area contributed by atoms with E-state index in [2.05, 4.69) is 4.98 Å². The van der Waals surface area contributed by atoms with Gasteiger partial charge in [-0.15, -0.1) is 0 Å². The van der Waals surface area contributed by atoms with Gasteiger partial charge in [-0.2, -0.15) is 0 Å². The molecule has 0 fully saturated rings. The highest BCUT2D eigenvalue weighted by molar-refractivity contribution is 5.76. The van der Waals surface area contributed by atoms with Gasteiger partial charge >= 0.3 is 0 Å². The molecule has 0 saturated carbocycles. The lowest BCUT2D eigenvalue weighted by atomic mass is 10.4. The summed E-state index contributed by atoms with van der Waals surface area (Å²) in [5.41, 5.74) is 7.66. The number of aromatic nitrogens is 2. The molecule has 0 saturated heterocycles. The number of nitrogen functional groups attached to an aromatic ring is 1. The fourth-order valence-electron chi connectivity index (χ4n) is 1.40. The van der Waals surface area contributed by atoms with E-state index < -0.39 is 0 Å². The van der Waals surface area contributed by atoms with Crippen LogP contribution in [0, 0.1) is 6.92 Å². The first-order valence-corrected chi connectivity index (χ1v) is 3.93. The molecule has 0 aliphatic carbocycles. The van der Waals surface area contributed by atoms with Crippen LogP contribution in [0.4, 0.5) is 5.82 Å². The summed E-state index contributed by atoms with van der Waals surface area (Å²) in [6.07, 6.45) is 0.738. The number of hydrogen-bond acceptors (Lipinski definition) is 3. The Kier molecular flexibility index (Phi) is 1.55. The highest BCUT2D eigenvalue weighted by Crippen LogP contribution is 2.14. The van der Waals surface area contributed by atoms with Crippen LogP contribution in [0.2, 0.25) is 0 Å². The molecule has 0 amide bonds. The Morgan fingerprint density at radius 2 is 2.31 bits per heavy atom. The molecule has 0 atom stereocenters. The van der Waals surface area contributed by atoms with Gasteiger partial charge in [0.25, 0.3) is 0 Å². The molecule has 2 heterocycles. The van der Waals surface area contributed by atoms with Crippen molar-refractivity contribution in [3.05, 3.63) is 29.6 Å². The minimum atomic E-state index is 0.443. The summed E-state index contributed by atoms with van der Waals surface area (Å²) in [6, 6.07) is 5.40. The first kappa shape index (κ1) is 7.79. The lowest BCUT2D eigenvalue weighted by molar-refractivity contribution is 0.111. The summed E-state index contributed by atoms with van der Waals surface area (Å²) >= 11 is 0. The molecule has 2 aromatic heterocycles. The third-order valence-corrected chi connectivity index (χ3v) is 2.05. The lowest BCUT2D eigenvalue weighted by Crippen LogP contribution is -1.97. The lowest BCUT2D eigenvalue weighted by Gasteiger charge is -1.99. The molecule has 2 N–H and O–H groups in total. The van der Waals surface area contributed by atoms with Crippen LogP contribution in [-0.2, 0) is 0 Å². The second-order valence-electron chi connectivity index (χ2n) is 2.84. The number of aldehydes is 1. The number of fused-ring (bicyclic) bond motifs is 1. The van der Waals surface area contributed by atoms with Gasteiger partial charge in [-0.05, 0) is 19.1 Å². The standard InChI is InChI=1S/C9H9N3O/c1-6-7(5-13)11-9-4-2-3-8(10)12(6)9/h2-5H,10H2,1H3. The van der Waals surface area contributed by atoms with Crippen LogP contribution in [0.1, 0.15) is 16.2 Å². The highest BCUT2D eigenvalue weighted by atomic mass is 16.1. The Morgan fingerprint density at radius 3 is 2.92 bits per heavy atom. The summed E-state index contributed by atoms with van der Waals surface area (Å²) in [5.74, 6) is 0.593. The molecule has 13 heavy (non-hydrogen) atoms. The Morgan fingerprint density at radius 1 is 1.54 bits per heavy atom. The van der Waals surface area contributed by atoms with E-state index in [1.165, 1.54) is 0 Å². The molecule has 0 aromatic carbocycles. The summed E-state index contributed by atoms with van der Waals surface area (Å²) in [4.78, 5) is 14.7. The molecule has 0 aliphatic heterocycles. The zero-order valence-electron chi connectivity index (χ0n) is 7.19. The van der Waals surface area contributed by atoms with E-state index in [0.717, 1.165) is 12.0 Å². The molecule has 0 spiro atoms. The van der Waals surface area contributed by atoms with Crippen molar-refractivity contribution >= 4 is 17.8 Å². The summed E-state index contributed by atoms with van der Waals surface area (Å²) in [5, 5.41) is 0. The number of aryl methyl sites for hydroxylation is 1. The van der Waals surface area contributed by atoms with Crippen molar-refractivity contribution in [1.29, 1.82) is 0 Å². The van der Waals surface area contributed by atoms with Crippen molar-refractivity contribution in [2.24, 2.45) is 0 Å². The highest BCUT2D eigenvalue weighted by Gasteiger charge is 2.07. The molecule has 4 heteroatoms. The molecule has 4 nitrogen and oxygen atoms in total. The van der Waals surface area contributed by atoms with Crippen molar-refractivity contribution in [3.63, 3.8) is 0 Å². The largest absolute Gasteiger partial charge is 0.385 e. The fourth-order valence-corrected chi connectivity index (χ4v) is 1.40. The quantitative estimate of drug-likeness (QED) is 0.658. The Labute approximate surface area is 75.0 Å². The first-order chi connectivity index (χ1) is 6.24. The van der Waals surface area contributed by atoms with Crippen LogP contribution in [0.3, 0.4) is 0 Å². The normalized spacial score (nSPS) is 10.5. The number of anilines is 1. The SMILES string of the molecule is Cc1c(C=O)nc2cccc(N)n12. The zero-order valence-corrected chi connectivity index (χ0v) is 7.19. The van der Waals surface area contributed by atoms with E-state index in [-0.39, 0.29) is 0 Å². The van der Waals surface area contributed by atoms with Gasteiger partial charge in [0.15, 0.2) is 6.29 Å². The zero-order chi connectivity index (χ0) is 9.42. The van der Waals surface area contributed by atoms with Gasteiger partial charge in [0, 0.05) is 0 Å². The summed E-state index contributed by atoms with van der Waals surface area (Å²) in [7, 11) is 0. The first-order valence-electron chi connectivity index (χ1n) is 3.93. The maximum Gasteiger partial charge on any atom is 0.170 e. The Hall–Kier alpha value is -1.84. The van der Waals surface area contributed by atoms with Gasteiger partial charge in [0.2, 0.25) is 0 Å². The van der Waals surface area contributed by atoms with Gasteiger partial charge in [-0.25, -0.2) is 4.98 Å². The number of hydrogen-bond donors (Lipinski definition) is 1. The smallest absolute Gasteiger partial charge is 0.170 e. The topological polar surface area (TPSA) is 60.4 Å². The van der Waals surface area contributed by atoms with E-state index >= 15 is 0 Å². The molecule has 0 aliphatic rings. The third-order valence-electron chi connectivity index (χ3n) is 2.05. The number of nitrogens with two attached hydrogens (primary N) is 1. The molecular weight excluding hydrogens is 166 g/mol. The van der Waals surface area contributed by atoms with Crippen molar-refractivity contribution in [2.75, 3.05) is 5.73 Å². The minimum absolute atomic E-state index is 0.443. The van der Waals surface area contributed by atoms with Crippen molar-refractivity contribution in [2.45, 2.75) is 6.92 Å². The van der Waals surface area contributed by atoms with Crippen molar-refractivity contribution < 1.29 is 4.79 Å². The molecule has 0 radical (unpaired) electrons. The van der Waals surface area contributed by atoms with Gasteiger partial charge in [0.05, 0.1) is 5.69 Å². The Balaban J connectivity index is 2.92. The van der Waals surface area contributed by atoms with E-state index in [4.69, 9.17) is 5.73 Å². The number of pyridine rings is 1. The number of carbonyl (C=O) groups excluding carboxylic acids is 1. The van der Waals surface area contributed by atoms with Crippen LogP contribution in [0.25, 0.3) is 5.65 Å². The molecule has 0 unspecified atom stereocenters. The van der Waals surface area contributed by atoms with E-state index in [1.54, 1.807) is 10.5 Å². The minimum Gasteiger partial charge on any atom is -0.385 e. The monoisotopic (exact) mass is 175 g/mol. The molecule has 2 aromatic rings. The van der Waals surface area contributed by atoms with E-state index in [0.29, 0.717) is 17.2 Å². The summed E-state index contributed by atoms with van der Waals surface area (Å²) in [6.45, 7) is 1.82. The molecule has 66 valence electrons. The maximum atomic E-state index is 10.6. The maximum absolute atomic E-state index is 10.6. The van der Waals surface area contributed by atoms with Crippen molar-refractivity contribution in [1.82, 2.24) is 9.38 Å². The molecule has 2 rings (SSSR count). The average molecular weight is 175 g/mol. The number of carbonyl (C=O) groups is 1. The van der Waals surface area contributed by atoms with Gasteiger partial charge in [0.1, 0.15) is 17.2 Å². The second kappa shape index (κ2) is 2.58. The van der Waals surface area contributed by atoms with Gasteiger partial charge in [-0.1, -0.05) is 6.07 Å². The fraction of sp³-hybridized carbons (Fsp3) is 0.111. The predicted octanol–water partition coefficient (Wildman–Crippen LogP) is 1.04. The average Bonchev–Trinajstić information content (AvgIpc) is 2.44. The van der Waals surface area contributed by atoms with Crippen LogP contribution in [0.15, 0.2) is 18.2 Å². The number of rotatable bonds is 1. The number of imidazole rings is 1. The summed E-state index contributed by atoms with van der Waals surface area (Å²) < 4.78 is 1.75. The van der Waals surface area contributed by atoms with Gasteiger partial charge < -0.3 is 5.73 Å². The predicted molar refractivity (Wildman–Crippen MR) is 49.7 cm³/mol.